The average Bonchev–Trinajstić information content (AvgIpc) is 3.38. The van der Waals surface area contributed by atoms with Crippen LogP contribution in [0.5, 0.6) is 5.75 Å². The third-order valence-corrected chi connectivity index (χ3v) is 4.40. The summed E-state index contributed by atoms with van der Waals surface area (Å²) in [6, 6.07) is 17.3. The summed E-state index contributed by atoms with van der Waals surface area (Å²) >= 11 is 0. The first-order chi connectivity index (χ1) is 12.8. The third-order valence-electron chi connectivity index (χ3n) is 4.40. The fourth-order valence-corrected chi connectivity index (χ4v) is 2.92. The van der Waals surface area contributed by atoms with Gasteiger partial charge in [0.25, 0.3) is 5.91 Å². The van der Waals surface area contributed by atoms with Gasteiger partial charge in [-0.2, -0.15) is 0 Å². The molecule has 0 bridgehead atoms. The van der Waals surface area contributed by atoms with Crippen molar-refractivity contribution in [1.29, 1.82) is 0 Å². The lowest BCUT2D eigenvalue weighted by molar-refractivity contribution is -0.124. The quantitative estimate of drug-likeness (QED) is 0.707. The van der Waals surface area contributed by atoms with Crippen LogP contribution >= 0.6 is 0 Å². The highest BCUT2D eigenvalue weighted by Gasteiger charge is 2.33. The summed E-state index contributed by atoms with van der Waals surface area (Å²) < 4.78 is 10.7. The zero-order chi connectivity index (χ0) is 17.8. The van der Waals surface area contributed by atoms with Gasteiger partial charge >= 0.3 is 0 Å². The molecule has 1 aliphatic rings. The molecule has 1 atom stereocenters. The van der Waals surface area contributed by atoms with E-state index in [2.05, 4.69) is 27.6 Å². The monoisotopic (exact) mass is 349 g/mol. The summed E-state index contributed by atoms with van der Waals surface area (Å²) in [5.74, 6) is 1.47. The van der Waals surface area contributed by atoms with Crippen molar-refractivity contribution in [3.63, 3.8) is 0 Å². The molecule has 1 heterocycles. The van der Waals surface area contributed by atoms with E-state index >= 15 is 0 Å². The smallest absolute Gasteiger partial charge is 0.258 e. The van der Waals surface area contributed by atoms with Crippen LogP contribution in [0.1, 0.15) is 24.4 Å². The molecule has 1 amide bonds. The van der Waals surface area contributed by atoms with Gasteiger partial charge in [-0.05, 0) is 48.6 Å². The topological polar surface area (TPSA) is 77.2 Å². The molecular weight excluding hydrogens is 330 g/mol. The first kappa shape index (κ1) is 16.3. The van der Waals surface area contributed by atoms with E-state index < -0.39 is 0 Å². The summed E-state index contributed by atoms with van der Waals surface area (Å²) in [6.07, 6.45) is 3.59. The van der Waals surface area contributed by atoms with Crippen LogP contribution in [0.25, 0.3) is 11.5 Å². The van der Waals surface area contributed by atoms with Gasteiger partial charge < -0.3 is 14.5 Å². The molecule has 132 valence electrons. The molecule has 1 N–H and O–H groups in total. The van der Waals surface area contributed by atoms with Gasteiger partial charge in [0.1, 0.15) is 5.75 Å². The minimum atomic E-state index is -0.119. The lowest BCUT2D eigenvalue weighted by Crippen LogP contribution is -2.33. The van der Waals surface area contributed by atoms with Gasteiger partial charge in [0.05, 0.1) is 6.04 Å². The molecule has 1 saturated carbocycles. The Labute approximate surface area is 151 Å². The minimum Gasteiger partial charge on any atom is -0.484 e. The molecule has 3 aromatic rings. The zero-order valence-corrected chi connectivity index (χ0v) is 14.2. The van der Waals surface area contributed by atoms with E-state index in [0.29, 0.717) is 17.6 Å². The minimum absolute atomic E-state index is 0.0179. The number of amides is 1. The molecular formula is C20H19N3O3. The fourth-order valence-electron chi connectivity index (χ4n) is 2.92. The average molecular weight is 349 g/mol. The third kappa shape index (κ3) is 3.91. The molecule has 0 saturated heterocycles. The van der Waals surface area contributed by atoms with Gasteiger partial charge in [-0.1, -0.05) is 30.3 Å². The molecule has 6 nitrogen and oxygen atoms in total. The number of benzene rings is 2. The highest BCUT2D eigenvalue weighted by molar-refractivity contribution is 5.78. The van der Waals surface area contributed by atoms with Crippen LogP contribution in [0.2, 0.25) is 0 Å². The molecule has 0 aliphatic heterocycles. The summed E-state index contributed by atoms with van der Waals surface area (Å²) in [4.78, 5) is 12.3. The van der Waals surface area contributed by atoms with Crippen molar-refractivity contribution in [2.75, 3.05) is 6.61 Å². The van der Waals surface area contributed by atoms with E-state index in [1.807, 2.05) is 30.3 Å². The van der Waals surface area contributed by atoms with Crippen LogP contribution in [-0.4, -0.2) is 22.7 Å². The van der Waals surface area contributed by atoms with Gasteiger partial charge in [0.2, 0.25) is 12.3 Å². The second kappa shape index (κ2) is 7.39. The number of nitrogens with one attached hydrogen (secondary N) is 1. The SMILES string of the molecule is O=C(COc1ccc(-c2nnco2)cc1)N[C@@H](c1ccccc1)C1CC1. The number of rotatable bonds is 7. The first-order valence-corrected chi connectivity index (χ1v) is 8.63. The van der Waals surface area contributed by atoms with Crippen LogP contribution in [-0.2, 0) is 4.79 Å². The molecule has 0 spiro atoms. The number of ether oxygens (including phenoxy) is 1. The number of nitrogens with zero attached hydrogens (tertiary/aromatic N) is 2. The summed E-state index contributed by atoms with van der Waals surface area (Å²) in [5.41, 5.74) is 1.95. The molecule has 0 radical (unpaired) electrons. The van der Waals surface area contributed by atoms with Gasteiger partial charge in [-0.15, -0.1) is 10.2 Å². The van der Waals surface area contributed by atoms with Crippen LogP contribution in [0.3, 0.4) is 0 Å². The largest absolute Gasteiger partial charge is 0.484 e. The Balaban J connectivity index is 1.33. The van der Waals surface area contributed by atoms with Crippen molar-refractivity contribution in [2.24, 2.45) is 5.92 Å². The second-order valence-corrected chi connectivity index (χ2v) is 6.35. The van der Waals surface area contributed by atoms with Crippen molar-refractivity contribution in [2.45, 2.75) is 18.9 Å². The first-order valence-electron chi connectivity index (χ1n) is 8.63. The number of hydrogen-bond acceptors (Lipinski definition) is 5. The Morgan fingerprint density at radius 3 is 2.58 bits per heavy atom. The lowest BCUT2D eigenvalue weighted by atomic mass is 10.0. The molecule has 4 rings (SSSR count). The molecule has 6 heteroatoms. The predicted molar refractivity (Wildman–Crippen MR) is 95.3 cm³/mol. The summed E-state index contributed by atoms with van der Waals surface area (Å²) in [5, 5.41) is 10.6. The highest BCUT2D eigenvalue weighted by Crippen LogP contribution is 2.40. The van der Waals surface area contributed by atoms with E-state index in [1.54, 1.807) is 12.1 Å². The van der Waals surface area contributed by atoms with Crippen molar-refractivity contribution in [3.05, 3.63) is 66.6 Å². The molecule has 0 unspecified atom stereocenters. The van der Waals surface area contributed by atoms with Crippen LogP contribution in [0.4, 0.5) is 0 Å². The number of carbonyl (C=O) groups excluding carboxylic acids is 1. The number of aromatic nitrogens is 2. The predicted octanol–water partition coefficient (Wildman–Crippen LogP) is 3.38. The maximum Gasteiger partial charge on any atom is 0.258 e. The van der Waals surface area contributed by atoms with E-state index in [1.165, 1.54) is 6.39 Å². The lowest BCUT2D eigenvalue weighted by Gasteiger charge is -2.19. The van der Waals surface area contributed by atoms with E-state index in [-0.39, 0.29) is 18.6 Å². The van der Waals surface area contributed by atoms with Gasteiger partial charge in [-0.3, -0.25) is 4.79 Å². The molecule has 1 aliphatic carbocycles. The normalized spacial score (nSPS) is 14.6. The number of hydrogen-bond donors (Lipinski definition) is 1. The number of carbonyl (C=O) groups is 1. The van der Waals surface area contributed by atoms with Gasteiger partial charge in [0, 0.05) is 5.56 Å². The maximum absolute atomic E-state index is 12.3. The molecule has 1 aromatic heterocycles. The van der Waals surface area contributed by atoms with Crippen LogP contribution in [0, 0.1) is 5.92 Å². The van der Waals surface area contributed by atoms with Crippen molar-refractivity contribution in [3.8, 4) is 17.2 Å². The van der Waals surface area contributed by atoms with Crippen molar-refractivity contribution >= 4 is 5.91 Å². The Bertz CT molecular complexity index is 844. The Morgan fingerprint density at radius 2 is 1.92 bits per heavy atom. The fraction of sp³-hybridized carbons (Fsp3) is 0.250. The highest BCUT2D eigenvalue weighted by atomic mass is 16.5. The van der Waals surface area contributed by atoms with Gasteiger partial charge in [-0.25, -0.2) is 0 Å². The van der Waals surface area contributed by atoms with Crippen molar-refractivity contribution < 1.29 is 13.9 Å². The maximum atomic E-state index is 12.3. The van der Waals surface area contributed by atoms with E-state index in [9.17, 15) is 4.79 Å². The Hall–Kier alpha value is -3.15. The zero-order valence-electron chi connectivity index (χ0n) is 14.2. The van der Waals surface area contributed by atoms with Crippen LogP contribution < -0.4 is 10.1 Å². The van der Waals surface area contributed by atoms with E-state index in [0.717, 1.165) is 24.0 Å². The Kier molecular flexibility index (Phi) is 4.64. The standard InChI is InChI=1S/C20H19N3O3/c24-18(22-19(15-6-7-15)14-4-2-1-3-5-14)12-25-17-10-8-16(9-11-17)20-23-21-13-26-20/h1-5,8-11,13,15,19H,6-7,12H2,(H,22,24)/t19-/m0/s1. The molecule has 1 fully saturated rings. The summed E-state index contributed by atoms with van der Waals surface area (Å²) in [6.45, 7) is -0.0179. The summed E-state index contributed by atoms with van der Waals surface area (Å²) in [7, 11) is 0. The Morgan fingerprint density at radius 1 is 1.15 bits per heavy atom. The van der Waals surface area contributed by atoms with E-state index in [4.69, 9.17) is 9.15 Å². The second-order valence-electron chi connectivity index (χ2n) is 6.35. The molecule has 26 heavy (non-hydrogen) atoms. The molecule has 2 aromatic carbocycles. The van der Waals surface area contributed by atoms with Crippen LogP contribution in [0.15, 0.2) is 65.4 Å². The van der Waals surface area contributed by atoms with Crippen molar-refractivity contribution in [1.82, 2.24) is 15.5 Å². The van der Waals surface area contributed by atoms with Gasteiger partial charge in [0.15, 0.2) is 6.61 Å².